The van der Waals surface area contributed by atoms with Crippen LogP contribution in [0.2, 0.25) is 0 Å². The first-order valence-electron chi connectivity index (χ1n) is 9.67. The fraction of sp³-hybridized carbons (Fsp3) is 0.167. The molecule has 0 spiro atoms. The Balaban J connectivity index is 1.64. The van der Waals surface area contributed by atoms with Crippen LogP contribution in [0, 0.1) is 0 Å². The third kappa shape index (κ3) is 4.29. The van der Waals surface area contributed by atoms with Crippen LogP contribution in [0.4, 0.5) is 5.69 Å². The van der Waals surface area contributed by atoms with Gasteiger partial charge in [-0.3, -0.25) is 4.79 Å². The molecule has 0 fully saturated rings. The highest BCUT2D eigenvalue weighted by molar-refractivity contribution is 5.95. The highest BCUT2D eigenvalue weighted by atomic mass is 16.1. The molecule has 5 nitrogen and oxygen atoms in total. The normalized spacial score (nSPS) is 11.9. The number of imidazole rings is 1. The summed E-state index contributed by atoms with van der Waals surface area (Å²) in [7, 11) is 3.92. The highest BCUT2D eigenvalue weighted by Gasteiger charge is 2.20. The molecule has 4 rings (SSSR count). The van der Waals surface area contributed by atoms with Crippen LogP contribution in [-0.4, -0.2) is 30.0 Å². The Morgan fingerprint density at radius 1 is 1.00 bits per heavy atom. The Labute approximate surface area is 170 Å². The molecule has 0 aliphatic carbocycles. The molecule has 29 heavy (non-hydrogen) atoms. The third-order valence-electron chi connectivity index (χ3n) is 4.95. The topological polar surface area (TPSA) is 61.0 Å². The zero-order valence-corrected chi connectivity index (χ0v) is 16.6. The maximum atomic E-state index is 13.0. The molecule has 0 saturated heterocycles. The minimum atomic E-state index is -0.264. The summed E-state index contributed by atoms with van der Waals surface area (Å²) in [5, 5.41) is 3.17. The molecule has 1 aromatic heterocycles. The van der Waals surface area contributed by atoms with E-state index in [9.17, 15) is 4.79 Å². The summed E-state index contributed by atoms with van der Waals surface area (Å²) in [5.41, 5.74) is 4.61. The standard InChI is InChI=1S/C24H24N4O/c1-28(2)19-12-8-11-18(16-19)24(29)27-22(15-17-9-4-3-5-10-17)23-25-20-13-6-7-14-21(20)26-23/h3-14,16,22H,15H2,1-2H3,(H,25,26)(H,27,29)/t22-/m0/s1. The lowest BCUT2D eigenvalue weighted by Crippen LogP contribution is -2.31. The summed E-state index contributed by atoms with van der Waals surface area (Å²) < 4.78 is 0. The number of aromatic amines is 1. The number of carbonyl (C=O) groups excluding carboxylic acids is 1. The van der Waals surface area contributed by atoms with Crippen molar-refractivity contribution in [2.24, 2.45) is 0 Å². The zero-order valence-electron chi connectivity index (χ0n) is 16.6. The molecule has 1 heterocycles. The molecule has 5 heteroatoms. The first kappa shape index (κ1) is 18.7. The molecule has 1 atom stereocenters. The molecule has 0 saturated carbocycles. The van der Waals surface area contributed by atoms with Crippen LogP contribution < -0.4 is 10.2 Å². The average Bonchev–Trinajstić information content (AvgIpc) is 3.18. The summed E-state index contributed by atoms with van der Waals surface area (Å²) in [4.78, 5) is 23.1. The summed E-state index contributed by atoms with van der Waals surface area (Å²) in [6.45, 7) is 0. The highest BCUT2D eigenvalue weighted by Crippen LogP contribution is 2.21. The van der Waals surface area contributed by atoms with Gasteiger partial charge in [-0.25, -0.2) is 4.98 Å². The number of para-hydroxylation sites is 2. The van der Waals surface area contributed by atoms with Crippen LogP contribution in [-0.2, 0) is 6.42 Å². The molecule has 1 amide bonds. The van der Waals surface area contributed by atoms with E-state index in [1.165, 1.54) is 0 Å². The van der Waals surface area contributed by atoms with Gasteiger partial charge in [0.2, 0.25) is 0 Å². The van der Waals surface area contributed by atoms with Crippen molar-refractivity contribution in [2.75, 3.05) is 19.0 Å². The van der Waals surface area contributed by atoms with E-state index in [0.717, 1.165) is 28.1 Å². The Kier molecular flexibility index (Phi) is 5.29. The average molecular weight is 384 g/mol. The van der Waals surface area contributed by atoms with Crippen LogP contribution >= 0.6 is 0 Å². The van der Waals surface area contributed by atoms with Crippen LogP contribution in [0.25, 0.3) is 11.0 Å². The van der Waals surface area contributed by atoms with Gasteiger partial charge in [0.1, 0.15) is 5.82 Å². The van der Waals surface area contributed by atoms with Crippen molar-refractivity contribution in [3.8, 4) is 0 Å². The number of rotatable bonds is 6. The second-order valence-electron chi connectivity index (χ2n) is 7.30. The number of fused-ring (bicyclic) bond motifs is 1. The molecular weight excluding hydrogens is 360 g/mol. The van der Waals surface area contributed by atoms with Gasteiger partial charge in [-0.05, 0) is 42.3 Å². The number of H-pyrrole nitrogens is 1. The number of hydrogen-bond acceptors (Lipinski definition) is 3. The SMILES string of the molecule is CN(C)c1cccc(C(=O)N[C@@H](Cc2ccccc2)c2nc3ccccc3[nH]2)c1. The Morgan fingerprint density at radius 2 is 1.76 bits per heavy atom. The number of amides is 1. The van der Waals surface area contributed by atoms with E-state index < -0.39 is 0 Å². The quantitative estimate of drug-likeness (QED) is 0.520. The van der Waals surface area contributed by atoms with Gasteiger partial charge < -0.3 is 15.2 Å². The molecular formula is C24H24N4O. The van der Waals surface area contributed by atoms with E-state index in [1.807, 2.05) is 85.7 Å². The Morgan fingerprint density at radius 3 is 2.52 bits per heavy atom. The summed E-state index contributed by atoms with van der Waals surface area (Å²) in [5.74, 6) is 0.641. The van der Waals surface area contributed by atoms with Crippen molar-refractivity contribution in [3.63, 3.8) is 0 Å². The monoisotopic (exact) mass is 384 g/mol. The molecule has 0 radical (unpaired) electrons. The van der Waals surface area contributed by atoms with Gasteiger partial charge in [0.25, 0.3) is 5.91 Å². The van der Waals surface area contributed by atoms with E-state index in [-0.39, 0.29) is 11.9 Å². The molecule has 0 aliphatic rings. The fourth-order valence-electron chi connectivity index (χ4n) is 3.37. The molecule has 0 bridgehead atoms. The minimum absolute atomic E-state index is 0.116. The maximum absolute atomic E-state index is 13.0. The first-order valence-corrected chi connectivity index (χ1v) is 9.67. The summed E-state index contributed by atoms with van der Waals surface area (Å²) in [6, 6.07) is 25.4. The van der Waals surface area contributed by atoms with Crippen molar-refractivity contribution in [1.82, 2.24) is 15.3 Å². The van der Waals surface area contributed by atoms with Gasteiger partial charge in [-0.15, -0.1) is 0 Å². The molecule has 0 unspecified atom stereocenters. The molecule has 2 N–H and O–H groups in total. The smallest absolute Gasteiger partial charge is 0.251 e. The van der Waals surface area contributed by atoms with Gasteiger partial charge >= 0.3 is 0 Å². The Hall–Kier alpha value is -3.60. The first-order chi connectivity index (χ1) is 14.1. The number of nitrogens with one attached hydrogen (secondary N) is 2. The summed E-state index contributed by atoms with van der Waals surface area (Å²) >= 11 is 0. The number of hydrogen-bond donors (Lipinski definition) is 2. The van der Waals surface area contributed by atoms with Crippen LogP contribution in [0.5, 0.6) is 0 Å². The number of aromatic nitrogens is 2. The van der Waals surface area contributed by atoms with Gasteiger partial charge in [0, 0.05) is 25.3 Å². The second kappa shape index (κ2) is 8.19. The number of benzene rings is 3. The Bertz CT molecular complexity index is 1080. The predicted molar refractivity (Wildman–Crippen MR) is 117 cm³/mol. The summed E-state index contributed by atoms with van der Waals surface area (Å²) in [6.07, 6.45) is 0.653. The van der Waals surface area contributed by atoms with E-state index in [0.29, 0.717) is 12.0 Å². The maximum Gasteiger partial charge on any atom is 0.251 e. The van der Waals surface area contributed by atoms with Gasteiger partial charge in [-0.2, -0.15) is 0 Å². The van der Waals surface area contributed by atoms with Gasteiger partial charge in [-0.1, -0.05) is 48.5 Å². The van der Waals surface area contributed by atoms with Crippen LogP contribution in [0.15, 0.2) is 78.9 Å². The fourth-order valence-corrected chi connectivity index (χ4v) is 3.37. The number of carbonyl (C=O) groups is 1. The number of anilines is 1. The minimum Gasteiger partial charge on any atom is -0.378 e. The van der Waals surface area contributed by atoms with E-state index in [4.69, 9.17) is 4.98 Å². The second-order valence-corrected chi connectivity index (χ2v) is 7.30. The lowest BCUT2D eigenvalue weighted by molar-refractivity contribution is 0.0935. The predicted octanol–water partition coefficient (Wildman–Crippen LogP) is 4.34. The largest absolute Gasteiger partial charge is 0.378 e. The molecule has 3 aromatic carbocycles. The van der Waals surface area contributed by atoms with Crippen molar-refractivity contribution < 1.29 is 4.79 Å². The number of nitrogens with zero attached hydrogens (tertiary/aromatic N) is 2. The van der Waals surface area contributed by atoms with Gasteiger partial charge in [0.15, 0.2) is 0 Å². The molecule has 0 aliphatic heterocycles. The van der Waals surface area contributed by atoms with E-state index in [1.54, 1.807) is 0 Å². The lowest BCUT2D eigenvalue weighted by atomic mass is 10.0. The van der Waals surface area contributed by atoms with Crippen LogP contribution in [0.1, 0.15) is 27.8 Å². The molecule has 4 aromatic rings. The van der Waals surface area contributed by atoms with Crippen molar-refractivity contribution in [3.05, 3.63) is 95.8 Å². The zero-order chi connectivity index (χ0) is 20.2. The van der Waals surface area contributed by atoms with Crippen molar-refractivity contribution >= 4 is 22.6 Å². The molecule has 146 valence electrons. The van der Waals surface area contributed by atoms with Crippen LogP contribution in [0.3, 0.4) is 0 Å². The van der Waals surface area contributed by atoms with E-state index in [2.05, 4.69) is 22.4 Å². The van der Waals surface area contributed by atoms with Crippen molar-refractivity contribution in [1.29, 1.82) is 0 Å². The van der Waals surface area contributed by atoms with Crippen molar-refractivity contribution in [2.45, 2.75) is 12.5 Å². The van der Waals surface area contributed by atoms with E-state index >= 15 is 0 Å². The third-order valence-corrected chi connectivity index (χ3v) is 4.95. The van der Waals surface area contributed by atoms with Gasteiger partial charge in [0.05, 0.1) is 17.1 Å². The lowest BCUT2D eigenvalue weighted by Gasteiger charge is -2.18.